The van der Waals surface area contributed by atoms with E-state index in [-0.39, 0.29) is 6.04 Å². The van der Waals surface area contributed by atoms with Crippen LogP contribution in [-0.2, 0) is 4.74 Å². The largest absolute Gasteiger partial charge is 0.383 e. The van der Waals surface area contributed by atoms with Gasteiger partial charge in [0, 0.05) is 19.3 Å². The second-order valence-corrected chi connectivity index (χ2v) is 5.56. The Balaban J connectivity index is 2.02. The van der Waals surface area contributed by atoms with Gasteiger partial charge in [0.15, 0.2) is 0 Å². The molecule has 0 aromatic carbocycles. The highest BCUT2D eigenvalue weighted by molar-refractivity contribution is 5.09. The van der Waals surface area contributed by atoms with E-state index < -0.39 is 0 Å². The minimum Gasteiger partial charge on any atom is -0.383 e. The molecule has 0 radical (unpaired) electrons. The van der Waals surface area contributed by atoms with Gasteiger partial charge in [-0.2, -0.15) is 0 Å². The molecule has 1 aliphatic rings. The number of aromatic nitrogens is 1. The van der Waals surface area contributed by atoms with Crippen molar-refractivity contribution in [3.63, 3.8) is 0 Å². The lowest BCUT2D eigenvalue weighted by molar-refractivity contribution is 0.0499. The molecule has 0 spiro atoms. The van der Waals surface area contributed by atoms with Crippen LogP contribution >= 0.6 is 0 Å². The van der Waals surface area contributed by atoms with E-state index in [0.29, 0.717) is 12.6 Å². The molecule has 1 aromatic heterocycles. The Labute approximate surface area is 122 Å². The molecule has 0 unspecified atom stereocenters. The van der Waals surface area contributed by atoms with Gasteiger partial charge in [-0.3, -0.25) is 9.88 Å². The Kier molecular flexibility index (Phi) is 5.95. The smallest absolute Gasteiger partial charge is 0.0757 e. The highest BCUT2D eigenvalue weighted by Crippen LogP contribution is 2.25. The lowest BCUT2D eigenvalue weighted by atomic mass is 10.0. The summed E-state index contributed by atoms with van der Waals surface area (Å²) in [6.07, 6.45) is 4.33. The summed E-state index contributed by atoms with van der Waals surface area (Å²) >= 11 is 0. The number of ether oxygens (including phenoxy) is 1. The Morgan fingerprint density at radius 2 is 2.15 bits per heavy atom. The lowest BCUT2D eigenvalue weighted by Crippen LogP contribution is -2.45. The number of piperidine rings is 1. The highest BCUT2D eigenvalue weighted by Gasteiger charge is 2.28. The maximum atomic E-state index is 5.42. The lowest BCUT2D eigenvalue weighted by Gasteiger charge is -2.39. The van der Waals surface area contributed by atoms with Crippen LogP contribution in [0, 0.1) is 0 Å². The van der Waals surface area contributed by atoms with Crippen LogP contribution in [0.3, 0.4) is 0 Å². The van der Waals surface area contributed by atoms with E-state index in [1.165, 1.54) is 25.9 Å². The summed E-state index contributed by atoms with van der Waals surface area (Å²) in [6, 6.07) is 6.99. The van der Waals surface area contributed by atoms with Crippen LogP contribution in [0.2, 0.25) is 0 Å². The molecule has 1 aliphatic heterocycles. The monoisotopic (exact) mass is 277 g/mol. The van der Waals surface area contributed by atoms with Crippen molar-refractivity contribution in [2.24, 2.45) is 0 Å². The highest BCUT2D eigenvalue weighted by atomic mass is 16.5. The summed E-state index contributed by atoms with van der Waals surface area (Å²) in [7, 11) is 3.98. The minimum atomic E-state index is 0.249. The number of rotatable bonds is 6. The Morgan fingerprint density at radius 1 is 1.40 bits per heavy atom. The number of hydrogen-bond donors (Lipinski definition) is 0. The summed E-state index contributed by atoms with van der Waals surface area (Å²) in [4.78, 5) is 9.49. The van der Waals surface area contributed by atoms with Crippen LogP contribution in [0.25, 0.3) is 0 Å². The quantitative estimate of drug-likeness (QED) is 0.797. The van der Waals surface area contributed by atoms with E-state index in [1.807, 2.05) is 12.3 Å². The summed E-state index contributed by atoms with van der Waals surface area (Å²) < 4.78 is 5.42. The summed E-state index contributed by atoms with van der Waals surface area (Å²) in [5.74, 6) is 0. The van der Waals surface area contributed by atoms with Gasteiger partial charge < -0.3 is 9.64 Å². The zero-order valence-corrected chi connectivity index (χ0v) is 13.0. The van der Waals surface area contributed by atoms with Gasteiger partial charge in [-0.25, -0.2) is 0 Å². The van der Waals surface area contributed by atoms with Crippen LogP contribution in [0.5, 0.6) is 0 Å². The first-order valence-corrected chi connectivity index (χ1v) is 7.60. The second kappa shape index (κ2) is 7.72. The van der Waals surface area contributed by atoms with Crippen molar-refractivity contribution >= 4 is 0 Å². The first kappa shape index (κ1) is 15.4. The van der Waals surface area contributed by atoms with Gasteiger partial charge in [-0.15, -0.1) is 0 Å². The van der Waals surface area contributed by atoms with Crippen LogP contribution in [0.1, 0.15) is 31.5 Å². The fourth-order valence-corrected chi connectivity index (χ4v) is 3.04. The molecule has 2 rings (SSSR count). The fraction of sp³-hybridized carbons (Fsp3) is 0.688. The van der Waals surface area contributed by atoms with Crippen molar-refractivity contribution in [1.29, 1.82) is 0 Å². The number of nitrogens with zero attached hydrogens (tertiary/aromatic N) is 3. The topological polar surface area (TPSA) is 28.6 Å². The van der Waals surface area contributed by atoms with E-state index in [1.54, 1.807) is 7.11 Å². The molecule has 1 fully saturated rings. The van der Waals surface area contributed by atoms with Crippen molar-refractivity contribution in [3.05, 3.63) is 30.1 Å². The van der Waals surface area contributed by atoms with E-state index >= 15 is 0 Å². The predicted molar refractivity (Wildman–Crippen MR) is 81.8 cm³/mol. The van der Waals surface area contributed by atoms with E-state index in [2.05, 4.69) is 40.9 Å². The molecule has 4 nitrogen and oxygen atoms in total. The van der Waals surface area contributed by atoms with E-state index in [0.717, 1.165) is 12.2 Å². The number of hydrogen-bond acceptors (Lipinski definition) is 4. The van der Waals surface area contributed by atoms with Gasteiger partial charge in [0.25, 0.3) is 0 Å². The van der Waals surface area contributed by atoms with Crippen LogP contribution in [0.15, 0.2) is 24.4 Å². The maximum Gasteiger partial charge on any atom is 0.0757 e. The maximum absolute atomic E-state index is 5.42. The average molecular weight is 277 g/mol. The molecular weight excluding hydrogens is 250 g/mol. The van der Waals surface area contributed by atoms with Crippen molar-refractivity contribution < 1.29 is 4.74 Å². The van der Waals surface area contributed by atoms with Crippen molar-refractivity contribution in [2.45, 2.75) is 31.8 Å². The Morgan fingerprint density at radius 3 is 2.70 bits per heavy atom. The zero-order chi connectivity index (χ0) is 14.4. The van der Waals surface area contributed by atoms with Crippen LogP contribution in [0.4, 0.5) is 0 Å². The molecule has 2 heterocycles. The third kappa shape index (κ3) is 3.78. The van der Waals surface area contributed by atoms with Gasteiger partial charge in [0.2, 0.25) is 0 Å². The second-order valence-electron chi connectivity index (χ2n) is 5.56. The summed E-state index contributed by atoms with van der Waals surface area (Å²) in [5.41, 5.74) is 1.11. The van der Waals surface area contributed by atoms with Crippen LogP contribution < -0.4 is 0 Å². The molecule has 1 atom stereocenters. The molecular formula is C16H27N3O. The molecule has 0 N–H and O–H groups in total. The predicted octanol–water partition coefficient (Wildman–Crippen LogP) is 2.19. The van der Waals surface area contributed by atoms with Gasteiger partial charge in [0.1, 0.15) is 0 Å². The van der Waals surface area contributed by atoms with Gasteiger partial charge in [-0.1, -0.05) is 13.0 Å². The molecule has 20 heavy (non-hydrogen) atoms. The first-order valence-electron chi connectivity index (χ1n) is 7.60. The normalized spacial score (nSPS) is 19.4. The molecule has 0 amide bonds. The molecule has 0 saturated carbocycles. The third-order valence-corrected chi connectivity index (χ3v) is 4.43. The third-order valence-electron chi connectivity index (χ3n) is 4.43. The Hall–Kier alpha value is -0.970. The van der Waals surface area contributed by atoms with Gasteiger partial charge >= 0.3 is 0 Å². The molecule has 112 valence electrons. The van der Waals surface area contributed by atoms with Crippen molar-refractivity contribution in [3.8, 4) is 0 Å². The van der Waals surface area contributed by atoms with Crippen molar-refractivity contribution in [1.82, 2.24) is 14.8 Å². The SMILES string of the molecule is CCN1CCC(N(C)[C@@H](COC)c2ccccn2)CC1. The standard InChI is InChI=1S/C16H27N3O/c1-4-19-11-8-14(9-12-19)18(2)16(13-20-3)15-7-5-6-10-17-15/h5-7,10,14,16H,4,8-9,11-13H2,1-3H3/t16-/m0/s1. The Bertz CT molecular complexity index is 377. The number of pyridine rings is 1. The van der Waals surface area contributed by atoms with Crippen molar-refractivity contribution in [2.75, 3.05) is 40.4 Å². The molecule has 4 heteroatoms. The van der Waals surface area contributed by atoms with Gasteiger partial charge in [-0.05, 0) is 51.7 Å². The minimum absolute atomic E-state index is 0.249. The molecule has 1 saturated heterocycles. The number of likely N-dealkylation sites (N-methyl/N-ethyl adjacent to an activating group) is 1. The number of likely N-dealkylation sites (tertiary alicyclic amines) is 1. The number of methoxy groups -OCH3 is 1. The molecule has 0 aliphatic carbocycles. The zero-order valence-electron chi connectivity index (χ0n) is 13.0. The summed E-state index contributed by atoms with van der Waals surface area (Å²) in [6.45, 7) is 6.51. The fourth-order valence-electron chi connectivity index (χ4n) is 3.04. The van der Waals surface area contributed by atoms with E-state index in [9.17, 15) is 0 Å². The summed E-state index contributed by atoms with van der Waals surface area (Å²) in [5, 5.41) is 0. The van der Waals surface area contributed by atoms with Crippen LogP contribution in [-0.4, -0.2) is 61.2 Å². The van der Waals surface area contributed by atoms with E-state index in [4.69, 9.17) is 4.74 Å². The van der Waals surface area contributed by atoms with Gasteiger partial charge in [0.05, 0.1) is 18.3 Å². The first-order chi connectivity index (χ1) is 9.76. The molecule has 1 aromatic rings. The molecule has 0 bridgehead atoms. The average Bonchev–Trinajstić information content (AvgIpc) is 2.53.